The average molecular weight is 380 g/mol. The SMILES string of the molecule is CN=C(NCC1CCCO1)N(C)Cc1ccon1.I. The Labute approximate surface area is 130 Å². The molecule has 1 saturated heterocycles. The summed E-state index contributed by atoms with van der Waals surface area (Å²) in [5, 5.41) is 7.20. The van der Waals surface area contributed by atoms with Crippen LogP contribution in [0.1, 0.15) is 18.5 Å². The van der Waals surface area contributed by atoms with E-state index in [1.54, 1.807) is 13.3 Å². The molecule has 1 unspecified atom stereocenters. The molecule has 1 aliphatic heterocycles. The van der Waals surface area contributed by atoms with Gasteiger partial charge in [-0.1, -0.05) is 5.16 Å². The molecule has 1 fully saturated rings. The number of rotatable bonds is 4. The highest BCUT2D eigenvalue weighted by molar-refractivity contribution is 14.0. The van der Waals surface area contributed by atoms with Gasteiger partial charge in [0.1, 0.15) is 12.0 Å². The zero-order valence-electron chi connectivity index (χ0n) is 11.3. The predicted molar refractivity (Wildman–Crippen MR) is 83.7 cm³/mol. The van der Waals surface area contributed by atoms with Crippen LogP contribution in [0.15, 0.2) is 21.8 Å². The summed E-state index contributed by atoms with van der Waals surface area (Å²) in [5.74, 6) is 0.841. The van der Waals surface area contributed by atoms with Crippen molar-refractivity contribution in [1.29, 1.82) is 0 Å². The van der Waals surface area contributed by atoms with Crippen molar-refractivity contribution in [2.45, 2.75) is 25.5 Å². The molecule has 0 radical (unpaired) electrons. The number of nitrogens with zero attached hydrogens (tertiary/aromatic N) is 3. The Morgan fingerprint density at radius 3 is 3.05 bits per heavy atom. The second-order valence-electron chi connectivity index (χ2n) is 4.41. The molecule has 0 spiro atoms. The number of guanidine groups is 1. The van der Waals surface area contributed by atoms with Crippen LogP contribution in [0.2, 0.25) is 0 Å². The van der Waals surface area contributed by atoms with Gasteiger partial charge in [0.15, 0.2) is 5.96 Å². The Bertz CT molecular complexity index is 377. The molecule has 1 aromatic heterocycles. The first-order chi connectivity index (χ1) is 8.79. The van der Waals surface area contributed by atoms with Crippen LogP contribution in [0.5, 0.6) is 0 Å². The predicted octanol–water partition coefficient (Wildman–Crippen LogP) is 1.48. The summed E-state index contributed by atoms with van der Waals surface area (Å²) in [5.41, 5.74) is 0.887. The van der Waals surface area contributed by atoms with Crippen molar-refractivity contribution in [2.75, 3.05) is 27.2 Å². The first kappa shape index (κ1) is 16.2. The van der Waals surface area contributed by atoms with Gasteiger partial charge in [-0.05, 0) is 12.8 Å². The number of nitrogens with one attached hydrogen (secondary N) is 1. The van der Waals surface area contributed by atoms with Gasteiger partial charge in [-0.3, -0.25) is 4.99 Å². The highest BCUT2D eigenvalue weighted by atomic mass is 127. The molecule has 0 saturated carbocycles. The lowest BCUT2D eigenvalue weighted by Gasteiger charge is -2.22. The van der Waals surface area contributed by atoms with Gasteiger partial charge >= 0.3 is 0 Å². The zero-order valence-corrected chi connectivity index (χ0v) is 13.7. The normalized spacial score (nSPS) is 19.1. The molecule has 6 nitrogen and oxygen atoms in total. The lowest BCUT2D eigenvalue weighted by Crippen LogP contribution is -2.41. The minimum atomic E-state index is 0. The van der Waals surface area contributed by atoms with E-state index in [-0.39, 0.29) is 24.0 Å². The summed E-state index contributed by atoms with van der Waals surface area (Å²) in [6, 6.07) is 1.85. The third kappa shape index (κ3) is 4.98. The van der Waals surface area contributed by atoms with Crippen molar-refractivity contribution >= 4 is 29.9 Å². The molecule has 7 heteroatoms. The highest BCUT2D eigenvalue weighted by Crippen LogP contribution is 2.10. The van der Waals surface area contributed by atoms with Crippen LogP contribution in [-0.4, -0.2) is 49.4 Å². The minimum absolute atomic E-state index is 0. The second kappa shape index (κ2) is 8.36. The van der Waals surface area contributed by atoms with Crippen LogP contribution in [0.4, 0.5) is 0 Å². The van der Waals surface area contributed by atoms with Gasteiger partial charge in [0.2, 0.25) is 0 Å². The van der Waals surface area contributed by atoms with E-state index in [4.69, 9.17) is 9.26 Å². The quantitative estimate of drug-likeness (QED) is 0.487. The van der Waals surface area contributed by atoms with Gasteiger partial charge in [0, 0.05) is 33.3 Å². The molecule has 0 bridgehead atoms. The second-order valence-corrected chi connectivity index (χ2v) is 4.41. The fraction of sp³-hybridized carbons (Fsp3) is 0.667. The smallest absolute Gasteiger partial charge is 0.193 e. The molecule has 0 amide bonds. The van der Waals surface area contributed by atoms with Crippen LogP contribution in [0.25, 0.3) is 0 Å². The van der Waals surface area contributed by atoms with Crippen molar-refractivity contribution in [3.05, 3.63) is 18.0 Å². The van der Waals surface area contributed by atoms with Crippen molar-refractivity contribution < 1.29 is 9.26 Å². The van der Waals surface area contributed by atoms with Gasteiger partial charge in [-0.2, -0.15) is 0 Å². The zero-order chi connectivity index (χ0) is 12.8. The van der Waals surface area contributed by atoms with Crippen LogP contribution in [0, 0.1) is 0 Å². The first-order valence-electron chi connectivity index (χ1n) is 6.22. The summed E-state index contributed by atoms with van der Waals surface area (Å²) in [6.45, 7) is 2.34. The van der Waals surface area contributed by atoms with Crippen molar-refractivity contribution in [2.24, 2.45) is 4.99 Å². The summed E-state index contributed by atoms with van der Waals surface area (Å²) >= 11 is 0. The van der Waals surface area contributed by atoms with Gasteiger partial charge in [-0.15, -0.1) is 24.0 Å². The van der Waals surface area contributed by atoms with Crippen molar-refractivity contribution in [1.82, 2.24) is 15.4 Å². The molecule has 2 heterocycles. The van der Waals surface area contributed by atoms with Crippen LogP contribution in [0.3, 0.4) is 0 Å². The molecule has 0 aliphatic carbocycles. The van der Waals surface area contributed by atoms with Crippen LogP contribution >= 0.6 is 24.0 Å². The largest absolute Gasteiger partial charge is 0.376 e. The molecule has 108 valence electrons. The molecule has 2 rings (SSSR count). The minimum Gasteiger partial charge on any atom is -0.376 e. The number of hydrogen-bond donors (Lipinski definition) is 1. The topological polar surface area (TPSA) is 62.9 Å². The summed E-state index contributed by atoms with van der Waals surface area (Å²) in [6.07, 6.45) is 4.16. The summed E-state index contributed by atoms with van der Waals surface area (Å²) < 4.78 is 10.4. The number of aliphatic imine (C=N–C) groups is 1. The third-order valence-electron chi connectivity index (χ3n) is 2.98. The van der Waals surface area contributed by atoms with E-state index in [2.05, 4.69) is 15.5 Å². The monoisotopic (exact) mass is 380 g/mol. The number of hydrogen-bond acceptors (Lipinski definition) is 4. The number of halogens is 1. The fourth-order valence-corrected chi connectivity index (χ4v) is 2.03. The van der Waals surface area contributed by atoms with Gasteiger partial charge in [0.25, 0.3) is 0 Å². The number of ether oxygens (including phenoxy) is 1. The number of aromatic nitrogens is 1. The maximum Gasteiger partial charge on any atom is 0.193 e. The van der Waals surface area contributed by atoms with E-state index >= 15 is 0 Å². The molecule has 0 aromatic carbocycles. The standard InChI is InChI=1S/C12H20N4O2.HI/c1-13-12(14-8-11-4-3-6-17-11)16(2)9-10-5-7-18-15-10;/h5,7,11H,3-4,6,8-9H2,1-2H3,(H,13,14);1H. The lowest BCUT2D eigenvalue weighted by molar-refractivity contribution is 0.113. The fourth-order valence-electron chi connectivity index (χ4n) is 2.03. The molecule has 19 heavy (non-hydrogen) atoms. The van der Waals surface area contributed by atoms with E-state index in [0.717, 1.165) is 37.6 Å². The third-order valence-corrected chi connectivity index (χ3v) is 2.98. The van der Waals surface area contributed by atoms with Gasteiger partial charge in [0.05, 0.1) is 12.6 Å². The molecular weight excluding hydrogens is 359 g/mol. The van der Waals surface area contributed by atoms with E-state index in [9.17, 15) is 0 Å². The molecule has 1 aromatic rings. The summed E-state index contributed by atoms with van der Waals surface area (Å²) in [4.78, 5) is 6.25. The molecule has 1 atom stereocenters. The maximum absolute atomic E-state index is 5.57. The van der Waals surface area contributed by atoms with Gasteiger partial charge in [-0.25, -0.2) is 0 Å². The van der Waals surface area contributed by atoms with E-state index in [0.29, 0.717) is 12.6 Å². The van der Waals surface area contributed by atoms with Crippen molar-refractivity contribution in [3.8, 4) is 0 Å². The Morgan fingerprint density at radius 1 is 1.63 bits per heavy atom. The molecular formula is C12H21IN4O2. The first-order valence-corrected chi connectivity index (χ1v) is 6.22. The Morgan fingerprint density at radius 2 is 2.47 bits per heavy atom. The Balaban J connectivity index is 0.00000180. The average Bonchev–Trinajstić information content (AvgIpc) is 3.02. The highest BCUT2D eigenvalue weighted by Gasteiger charge is 2.16. The van der Waals surface area contributed by atoms with Crippen LogP contribution < -0.4 is 5.32 Å². The van der Waals surface area contributed by atoms with Crippen LogP contribution in [-0.2, 0) is 11.3 Å². The molecule has 1 N–H and O–H groups in total. The van der Waals surface area contributed by atoms with E-state index in [1.807, 2.05) is 18.0 Å². The van der Waals surface area contributed by atoms with E-state index < -0.39 is 0 Å². The Hall–Kier alpha value is -0.830. The Kier molecular flexibility index (Phi) is 7.14. The lowest BCUT2D eigenvalue weighted by atomic mass is 10.2. The van der Waals surface area contributed by atoms with E-state index in [1.165, 1.54) is 0 Å². The van der Waals surface area contributed by atoms with Gasteiger partial charge < -0.3 is 19.5 Å². The maximum atomic E-state index is 5.57. The van der Waals surface area contributed by atoms with Crippen molar-refractivity contribution in [3.63, 3.8) is 0 Å². The summed E-state index contributed by atoms with van der Waals surface area (Å²) in [7, 11) is 3.75. The molecule has 1 aliphatic rings.